The van der Waals surface area contributed by atoms with Crippen LogP contribution in [0.25, 0.3) is 0 Å². The Labute approximate surface area is 132 Å². The van der Waals surface area contributed by atoms with Crippen molar-refractivity contribution in [3.05, 3.63) is 63.9 Å². The smallest absolute Gasteiger partial charge is 0.137 e. The molecule has 0 bridgehead atoms. The number of nitrogens with zero attached hydrogens (tertiary/aromatic N) is 1. The third-order valence-electron chi connectivity index (χ3n) is 3.37. The first kappa shape index (κ1) is 15.5. The van der Waals surface area contributed by atoms with Gasteiger partial charge in [0.1, 0.15) is 5.82 Å². The van der Waals surface area contributed by atoms with Gasteiger partial charge in [0.05, 0.1) is 16.0 Å². The van der Waals surface area contributed by atoms with E-state index < -0.39 is 5.41 Å². The van der Waals surface area contributed by atoms with Crippen molar-refractivity contribution in [1.29, 1.82) is 5.26 Å². The predicted octanol–water partition coefficient (Wildman–Crippen LogP) is 5.00. The van der Waals surface area contributed by atoms with E-state index in [9.17, 15) is 4.39 Å². The Morgan fingerprint density at radius 1 is 1.19 bits per heavy atom. The maximum Gasteiger partial charge on any atom is 0.137 e. The van der Waals surface area contributed by atoms with E-state index in [0.29, 0.717) is 11.0 Å². The van der Waals surface area contributed by atoms with Gasteiger partial charge in [0, 0.05) is 12.2 Å². The summed E-state index contributed by atoms with van der Waals surface area (Å²) in [5, 5.41) is 12.4. The van der Waals surface area contributed by atoms with Crippen LogP contribution in [0.3, 0.4) is 0 Å². The van der Waals surface area contributed by atoms with Gasteiger partial charge in [-0.3, -0.25) is 0 Å². The molecule has 0 amide bonds. The summed E-state index contributed by atoms with van der Waals surface area (Å²) in [6, 6.07) is 15.1. The van der Waals surface area contributed by atoms with Gasteiger partial charge in [-0.2, -0.15) is 5.26 Å². The normalized spacial score (nSPS) is 11.0. The Morgan fingerprint density at radius 2 is 1.86 bits per heavy atom. The molecule has 0 aliphatic carbocycles. The van der Waals surface area contributed by atoms with Crippen LogP contribution in [0.4, 0.5) is 10.1 Å². The molecule has 108 valence electrons. The number of anilines is 1. The Bertz CT molecular complexity index is 672. The number of nitrogens with one attached hydrogen (secondary N) is 1. The van der Waals surface area contributed by atoms with E-state index in [1.54, 1.807) is 6.07 Å². The number of halogens is 2. The van der Waals surface area contributed by atoms with Crippen LogP contribution < -0.4 is 5.32 Å². The predicted molar refractivity (Wildman–Crippen MR) is 86.5 cm³/mol. The van der Waals surface area contributed by atoms with Crippen molar-refractivity contribution < 1.29 is 4.39 Å². The van der Waals surface area contributed by atoms with Crippen LogP contribution in [-0.4, -0.2) is 0 Å². The molecule has 0 unspecified atom stereocenters. The summed E-state index contributed by atoms with van der Waals surface area (Å²) in [6.07, 6.45) is 0. The van der Waals surface area contributed by atoms with E-state index in [1.807, 2.05) is 44.2 Å². The van der Waals surface area contributed by atoms with E-state index in [4.69, 9.17) is 5.26 Å². The second-order valence-corrected chi connectivity index (χ2v) is 6.27. The second-order valence-electron chi connectivity index (χ2n) is 5.42. The van der Waals surface area contributed by atoms with E-state index in [-0.39, 0.29) is 5.82 Å². The molecule has 0 fully saturated rings. The van der Waals surface area contributed by atoms with Crippen molar-refractivity contribution in [3.8, 4) is 6.07 Å². The van der Waals surface area contributed by atoms with Crippen LogP contribution in [0.15, 0.2) is 46.9 Å². The van der Waals surface area contributed by atoms with Crippen molar-refractivity contribution in [1.82, 2.24) is 0 Å². The molecule has 0 atom stereocenters. The molecule has 0 radical (unpaired) electrons. The topological polar surface area (TPSA) is 35.8 Å². The van der Waals surface area contributed by atoms with Crippen LogP contribution in [0, 0.1) is 17.1 Å². The minimum Gasteiger partial charge on any atom is -0.381 e. The fraction of sp³-hybridized carbons (Fsp3) is 0.235. The molecule has 0 aliphatic heterocycles. The highest BCUT2D eigenvalue weighted by molar-refractivity contribution is 9.10. The van der Waals surface area contributed by atoms with Crippen LogP contribution in [0.1, 0.15) is 25.0 Å². The maximum absolute atomic E-state index is 13.4. The Kier molecular flexibility index (Phi) is 4.64. The van der Waals surface area contributed by atoms with Gasteiger partial charge < -0.3 is 5.32 Å². The number of rotatable bonds is 4. The highest BCUT2D eigenvalue weighted by atomic mass is 79.9. The molecular formula is C17H16BrFN2. The lowest BCUT2D eigenvalue weighted by Gasteiger charge is -2.16. The lowest BCUT2D eigenvalue weighted by Crippen LogP contribution is -2.13. The van der Waals surface area contributed by atoms with Crippen molar-refractivity contribution in [2.75, 3.05) is 5.32 Å². The minimum atomic E-state index is -0.493. The number of benzene rings is 2. The lowest BCUT2D eigenvalue weighted by molar-refractivity contribution is 0.619. The highest BCUT2D eigenvalue weighted by Gasteiger charge is 2.18. The van der Waals surface area contributed by atoms with Crippen LogP contribution in [0.5, 0.6) is 0 Å². The molecule has 0 heterocycles. The van der Waals surface area contributed by atoms with Gasteiger partial charge in [-0.15, -0.1) is 0 Å². The van der Waals surface area contributed by atoms with Crippen LogP contribution in [-0.2, 0) is 12.0 Å². The monoisotopic (exact) mass is 346 g/mol. The zero-order valence-electron chi connectivity index (χ0n) is 12.0. The van der Waals surface area contributed by atoms with E-state index in [0.717, 1.165) is 16.8 Å². The highest BCUT2D eigenvalue weighted by Crippen LogP contribution is 2.24. The van der Waals surface area contributed by atoms with E-state index in [2.05, 4.69) is 27.3 Å². The number of nitriles is 1. The molecule has 2 rings (SSSR count). The largest absolute Gasteiger partial charge is 0.381 e. The molecule has 0 saturated carbocycles. The summed E-state index contributed by atoms with van der Waals surface area (Å²) in [5.74, 6) is -0.264. The lowest BCUT2D eigenvalue weighted by atomic mass is 9.86. The average molecular weight is 347 g/mol. The summed E-state index contributed by atoms with van der Waals surface area (Å²) >= 11 is 3.14. The fourth-order valence-electron chi connectivity index (χ4n) is 1.92. The van der Waals surface area contributed by atoms with E-state index in [1.165, 1.54) is 6.07 Å². The van der Waals surface area contributed by atoms with Crippen LogP contribution in [0.2, 0.25) is 0 Å². The number of hydrogen-bond donors (Lipinski definition) is 1. The van der Waals surface area contributed by atoms with Gasteiger partial charge in [-0.05, 0) is 65.2 Å². The van der Waals surface area contributed by atoms with Crippen molar-refractivity contribution >= 4 is 21.6 Å². The van der Waals surface area contributed by atoms with Gasteiger partial charge in [0.25, 0.3) is 0 Å². The fourth-order valence-corrected chi connectivity index (χ4v) is 2.17. The summed E-state index contributed by atoms with van der Waals surface area (Å²) in [5.41, 5.74) is 2.30. The molecule has 2 aromatic carbocycles. The number of hydrogen-bond acceptors (Lipinski definition) is 2. The molecule has 0 aliphatic rings. The molecule has 21 heavy (non-hydrogen) atoms. The van der Waals surface area contributed by atoms with Crippen molar-refractivity contribution in [2.24, 2.45) is 0 Å². The van der Waals surface area contributed by atoms with Gasteiger partial charge >= 0.3 is 0 Å². The Balaban J connectivity index is 2.04. The van der Waals surface area contributed by atoms with Gasteiger partial charge in [-0.1, -0.05) is 18.2 Å². The average Bonchev–Trinajstić information content (AvgIpc) is 2.49. The quantitative estimate of drug-likeness (QED) is 0.845. The van der Waals surface area contributed by atoms with E-state index >= 15 is 0 Å². The molecule has 0 aromatic heterocycles. The molecule has 2 nitrogen and oxygen atoms in total. The zero-order chi connectivity index (χ0) is 15.5. The van der Waals surface area contributed by atoms with Crippen molar-refractivity contribution in [3.63, 3.8) is 0 Å². The molecular weight excluding hydrogens is 331 g/mol. The third kappa shape index (κ3) is 3.83. The molecule has 0 spiro atoms. The summed E-state index contributed by atoms with van der Waals surface area (Å²) in [6.45, 7) is 4.32. The standard InChI is InChI=1S/C17H16BrFN2/c1-17(2,11-20)13-4-6-14(7-5-13)21-10-12-3-8-15(18)16(19)9-12/h3-9,21H,10H2,1-2H3. The minimum absolute atomic E-state index is 0.264. The first-order chi connectivity index (χ1) is 9.92. The SMILES string of the molecule is CC(C)(C#N)c1ccc(NCc2ccc(Br)c(F)c2)cc1. The molecule has 0 saturated heterocycles. The Hall–Kier alpha value is -1.86. The van der Waals surface area contributed by atoms with Gasteiger partial charge in [0.2, 0.25) is 0 Å². The maximum atomic E-state index is 13.4. The molecule has 4 heteroatoms. The van der Waals surface area contributed by atoms with Crippen LogP contribution >= 0.6 is 15.9 Å². The third-order valence-corrected chi connectivity index (χ3v) is 4.01. The van der Waals surface area contributed by atoms with Gasteiger partial charge in [0.15, 0.2) is 0 Å². The van der Waals surface area contributed by atoms with Gasteiger partial charge in [-0.25, -0.2) is 4.39 Å². The summed E-state index contributed by atoms with van der Waals surface area (Å²) in [4.78, 5) is 0. The van der Waals surface area contributed by atoms with Crippen molar-refractivity contribution in [2.45, 2.75) is 25.8 Å². The Morgan fingerprint density at radius 3 is 2.43 bits per heavy atom. The first-order valence-corrected chi connectivity index (χ1v) is 7.41. The second kappa shape index (κ2) is 6.28. The molecule has 1 N–H and O–H groups in total. The summed E-state index contributed by atoms with van der Waals surface area (Å²) < 4.78 is 13.9. The summed E-state index contributed by atoms with van der Waals surface area (Å²) in [7, 11) is 0. The first-order valence-electron chi connectivity index (χ1n) is 6.62. The zero-order valence-corrected chi connectivity index (χ0v) is 13.5. The molecule has 2 aromatic rings.